The van der Waals surface area contributed by atoms with E-state index in [1.54, 1.807) is 6.20 Å². The molecule has 1 aromatic heterocycles. The number of ketones is 1. The summed E-state index contributed by atoms with van der Waals surface area (Å²) in [5.41, 5.74) is 4.08. The van der Waals surface area contributed by atoms with Crippen LogP contribution in [0.1, 0.15) is 33.6 Å². The van der Waals surface area contributed by atoms with Crippen molar-refractivity contribution < 1.29 is 4.79 Å². The summed E-state index contributed by atoms with van der Waals surface area (Å²) in [6, 6.07) is 12.0. The van der Waals surface area contributed by atoms with Crippen molar-refractivity contribution in [2.45, 2.75) is 26.7 Å². The van der Waals surface area contributed by atoms with E-state index < -0.39 is 0 Å². The van der Waals surface area contributed by atoms with Crippen molar-refractivity contribution in [3.8, 4) is 0 Å². The smallest absolute Gasteiger partial charge is 0.164 e. The van der Waals surface area contributed by atoms with Gasteiger partial charge in [0, 0.05) is 23.9 Å². The van der Waals surface area contributed by atoms with Crippen LogP contribution in [0.15, 0.2) is 42.6 Å². The number of pyridine rings is 1. The molecule has 18 heavy (non-hydrogen) atoms. The lowest BCUT2D eigenvalue weighted by molar-refractivity contribution is 0.0982. The van der Waals surface area contributed by atoms with Crippen LogP contribution in [-0.4, -0.2) is 10.8 Å². The molecule has 0 saturated heterocycles. The van der Waals surface area contributed by atoms with Gasteiger partial charge in [0.15, 0.2) is 5.78 Å². The average Bonchev–Trinajstić information content (AvgIpc) is 2.38. The predicted molar refractivity (Wildman–Crippen MR) is 72.8 cm³/mol. The Bertz CT molecular complexity index is 526. The Morgan fingerprint density at radius 1 is 1.06 bits per heavy atom. The fourth-order valence-electron chi connectivity index (χ4n) is 1.79. The molecular formula is C16H17NO. The zero-order chi connectivity index (χ0) is 13.0. The predicted octanol–water partition coefficient (Wildman–Crippen LogP) is 3.51. The summed E-state index contributed by atoms with van der Waals surface area (Å²) in [7, 11) is 0. The summed E-state index contributed by atoms with van der Waals surface area (Å²) < 4.78 is 0. The Labute approximate surface area is 108 Å². The summed E-state index contributed by atoms with van der Waals surface area (Å²) in [6.45, 7) is 3.98. The topological polar surface area (TPSA) is 30.0 Å². The number of Topliss-reactive ketones (excluding diaryl/α,β-unsaturated/α-hetero) is 1. The van der Waals surface area contributed by atoms with E-state index in [-0.39, 0.29) is 5.78 Å². The molecule has 0 bridgehead atoms. The zero-order valence-electron chi connectivity index (χ0n) is 10.8. The Hall–Kier alpha value is -1.96. The van der Waals surface area contributed by atoms with Crippen LogP contribution in [0.25, 0.3) is 0 Å². The molecule has 0 atom stereocenters. The largest absolute Gasteiger partial charge is 0.294 e. The Morgan fingerprint density at radius 2 is 1.78 bits per heavy atom. The molecule has 1 aromatic carbocycles. The molecule has 0 fully saturated rings. The van der Waals surface area contributed by atoms with Crippen molar-refractivity contribution in [2.24, 2.45) is 0 Å². The molecule has 0 aliphatic rings. The molecule has 2 aromatic rings. The van der Waals surface area contributed by atoms with E-state index in [2.05, 4.69) is 36.2 Å². The van der Waals surface area contributed by atoms with Gasteiger partial charge in [-0.15, -0.1) is 0 Å². The van der Waals surface area contributed by atoms with Gasteiger partial charge in [0.1, 0.15) is 0 Å². The lowest BCUT2D eigenvalue weighted by Gasteiger charge is -2.02. The summed E-state index contributed by atoms with van der Waals surface area (Å²) in [5.74, 6) is 0.156. The van der Waals surface area contributed by atoms with Crippen LogP contribution in [0, 0.1) is 13.8 Å². The fraction of sp³-hybridized carbons (Fsp3) is 0.250. The fourth-order valence-corrected chi connectivity index (χ4v) is 1.79. The molecule has 0 saturated carbocycles. The monoisotopic (exact) mass is 239 g/mol. The molecule has 1 heterocycles. The normalized spacial score (nSPS) is 10.3. The van der Waals surface area contributed by atoms with Gasteiger partial charge in [-0.3, -0.25) is 9.78 Å². The van der Waals surface area contributed by atoms with Crippen molar-refractivity contribution in [1.82, 2.24) is 4.98 Å². The van der Waals surface area contributed by atoms with E-state index in [1.807, 2.05) is 19.1 Å². The van der Waals surface area contributed by atoms with Crippen LogP contribution in [0.2, 0.25) is 0 Å². The number of carbonyl (C=O) groups is 1. The van der Waals surface area contributed by atoms with Crippen molar-refractivity contribution in [2.75, 3.05) is 0 Å². The van der Waals surface area contributed by atoms with Crippen LogP contribution in [0.5, 0.6) is 0 Å². The minimum Gasteiger partial charge on any atom is -0.294 e. The molecule has 0 aliphatic heterocycles. The average molecular weight is 239 g/mol. The van der Waals surface area contributed by atoms with E-state index in [0.29, 0.717) is 12.0 Å². The maximum Gasteiger partial charge on any atom is 0.164 e. The molecule has 92 valence electrons. The Morgan fingerprint density at radius 3 is 2.39 bits per heavy atom. The van der Waals surface area contributed by atoms with E-state index in [9.17, 15) is 4.79 Å². The van der Waals surface area contributed by atoms with Crippen LogP contribution in [-0.2, 0) is 6.42 Å². The van der Waals surface area contributed by atoms with E-state index in [1.165, 1.54) is 11.1 Å². The maximum atomic E-state index is 12.0. The van der Waals surface area contributed by atoms with Gasteiger partial charge in [0.25, 0.3) is 0 Å². The lowest BCUT2D eigenvalue weighted by atomic mass is 10.0. The number of hydrogen-bond acceptors (Lipinski definition) is 2. The van der Waals surface area contributed by atoms with Gasteiger partial charge >= 0.3 is 0 Å². The summed E-state index contributed by atoms with van der Waals surface area (Å²) in [5, 5.41) is 0. The van der Waals surface area contributed by atoms with Crippen LogP contribution in [0.3, 0.4) is 0 Å². The second kappa shape index (κ2) is 5.58. The van der Waals surface area contributed by atoms with Crippen LogP contribution in [0.4, 0.5) is 0 Å². The van der Waals surface area contributed by atoms with Crippen LogP contribution < -0.4 is 0 Å². The number of hydrogen-bond donors (Lipinski definition) is 0. The molecule has 0 spiro atoms. The highest BCUT2D eigenvalue weighted by molar-refractivity contribution is 5.95. The highest BCUT2D eigenvalue weighted by Gasteiger charge is 2.06. The number of aromatic nitrogens is 1. The van der Waals surface area contributed by atoms with E-state index in [0.717, 1.165) is 12.1 Å². The van der Waals surface area contributed by atoms with Crippen LogP contribution >= 0.6 is 0 Å². The third-order valence-corrected chi connectivity index (χ3v) is 2.99. The highest BCUT2D eigenvalue weighted by atomic mass is 16.1. The molecule has 2 rings (SSSR count). The molecule has 0 amide bonds. The molecule has 2 heteroatoms. The first-order valence-electron chi connectivity index (χ1n) is 6.16. The minimum absolute atomic E-state index is 0.156. The summed E-state index contributed by atoms with van der Waals surface area (Å²) in [6.07, 6.45) is 2.98. The molecular weight excluding hydrogens is 222 g/mol. The van der Waals surface area contributed by atoms with Gasteiger partial charge < -0.3 is 0 Å². The summed E-state index contributed by atoms with van der Waals surface area (Å²) in [4.78, 5) is 16.1. The molecule has 0 radical (unpaired) electrons. The minimum atomic E-state index is 0.156. The highest BCUT2D eigenvalue weighted by Crippen LogP contribution is 2.09. The number of carbonyl (C=O) groups excluding carboxylic acids is 1. The van der Waals surface area contributed by atoms with E-state index >= 15 is 0 Å². The quantitative estimate of drug-likeness (QED) is 0.764. The molecule has 0 aliphatic carbocycles. The standard InChI is InChI=1S/C16H17NO/c1-12-3-6-14(7-4-12)8-10-16(18)15-9-5-13(2)17-11-15/h3-7,9,11H,8,10H2,1-2H3. The SMILES string of the molecule is Cc1ccc(CCC(=O)c2ccc(C)nc2)cc1. The van der Waals surface area contributed by atoms with Gasteiger partial charge in [-0.25, -0.2) is 0 Å². The van der Waals surface area contributed by atoms with Crippen molar-refractivity contribution in [1.29, 1.82) is 0 Å². The van der Waals surface area contributed by atoms with Gasteiger partial charge in [-0.2, -0.15) is 0 Å². The summed E-state index contributed by atoms with van der Waals surface area (Å²) >= 11 is 0. The Kier molecular flexibility index (Phi) is 3.88. The molecule has 2 nitrogen and oxygen atoms in total. The molecule has 0 unspecified atom stereocenters. The Balaban J connectivity index is 1.96. The third-order valence-electron chi connectivity index (χ3n) is 2.99. The number of rotatable bonds is 4. The second-order valence-electron chi connectivity index (χ2n) is 4.60. The van der Waals surface area contributed by atoms with Crippen molar-refractivity contribution in [3.05, 3.63) is 65.0 Å². The first-order valence-corrected chi connectivity index (χ1v) is 6.16. The van der Waals surface area contributed by atoms with Gasteiger partial charge in [-0.1, -0.05) is 29.8 Å². The number of aryl methyl sites for hydroxylation is 3. The maximum absolute atomic E-state index is 12.0. The number of nitrogens with zero attached hydrogens (tertiary/aromatic N) is 1. The van der Waals surface area contributed by atoms with E-state index in [4.69, 9.17) is 0 Å². The van der Waals surface area contributed by atoms with Gasteiger partial charge in [0.05, 0.1) is 0 Å². The zero-order valence-corrected chi connectivity index (χ0v) is 10.8. The first-order chi connectivity index (χ1) is 8.65. The van der Waals surface area contributed by atoms with Crippen molar-refractivity contribution >= 4 is 5.78 Å². The van der Waals surface area contributed by atoms with Gasteiger partial charge in [-0.05, 0) is 38.0 Å². The molecule has 0 N–H and O–H groups in total. The van der Waals surface area contributed by atoms with Crippen molar-refractivity contribution in [3.63, 3.8) is 0 Å². The van der Waals surface area contributed by atoms with Gasteiger partial charge in [0.2, 0.25) is 0 Å². The number of benzene rings is 1. The second-order valence-corrected chi connectivity index (χ2v) is 4.60. The lowest BCUT2D eigenvalue weighted by Crippen LogP contribution is -2.02. The third kappa shape index (κ3) is 3.27. The first kappa shape index (κ1) is 12.5.